The third kappa shape index (κ3) is 3.46. The highest BCUT2D eigenvalue weighted by molar-refractivity contribution is 6.32. The minimum Gasteiger partial charge on any atom is -0.423 e. The zero-order valence-electron chi connectivity index (χ0n) is 14.3. The van der Waals surface area contributed by atoms with Gasteiger partial charge >= 0.3 is 5.63 Å². The average molecular weight is 385 g/mol. The van der Waals surface area contributed by atoms with Crippen LogP contribution in [0.5, 0.6) is 0 Å². The van der Waals surface area contributed by atoms with Crippen molar-refractivity contribution in [3.8, 4) is 11.4 Å². The summed E-state index contributed by atoms with van der Waals surface area (Å²) in [5, 5.41) is 13.5. The van der Waals surface area contributed by atoms with Gasteiger partial charge in [0.25, 0.3) is 0 Å². The SMILES string of the molecule is CCc1cc2oc(=O)cc(Cn3nnc(-c4cccc(F)c4)n3)c2cc1Cl. The lowest BCUT2D eigenvalue weighted by Crippen LogP contribution is -2.08. The molecule has 8 heteroatoms. The molecular weight excluding hydrogens is 371 g/mol. The first-order chi connectivity index (χ1) is 13.0. The van der Waals surface area contributed by atoms with Crippen molar-refractivity contribution in [1.82, 2.24) is 20.2 Å². The summed E-state index contributed by atoms with van der Waals surface area (Å²) < 4.78 is 18.7. The number of hydrogen-bond acceptors (Lipinski definition) is 5. The van der Waals surface area contributed by atoms with Crippen molar-refractivity contribution in [2.75, 3.05) is 0 Å². The molecule has 0 unspecified atom stereocenters. The van der Waals surface area contributed by atoms with E-state index >= 15 is 0 Å². The van der Waals surface area contributed by atoms with Crippen molar-refractivity contribution >= 4 is 22.6 Å². The first-order valence-corrected chi connectivity index (χ1v) is 8.70. The standard InChI is InChI=1S/C19H14ClFN4O2/c1-2-11-7-17-15(9-16(11)20)13(8-18(26)27-17)10-25-23-19(22-24-25)12-4-3-5-14(21)6-12/h3-9H,2,10H2,1H3. The Morgan fingerprint density at radius 3 is 2.81 bits per heavy atom. The fraction of sp³-hybridized carbons (Fsp3) is 0.158. The lowest BCUT2D eigenvalue weighted by atomic mass is 10.1. The maximum absolute atomic E-state index is 13.4. The summed E-state index contributed by atoms with van der Waals surface area (Å²) in [7, 11) is 0. The summed E-state index contributed by atoms with van der Waals surface area (Å²) >= 11 is 6.31. The number of fused-ring (bicyclic) bond motifs is 1. The first kappa shape index (κ1) is 17.4. The molecule has 27 heavy (non-hydrogen) atoms. The third-order valence-electron chi connectivity index (χ3n) is 4.23. The van der Waals surface area contributed by atoms with Gasteiger partial charge in [0, 0.05) is 22.0 Å². The van der Waals surface area contributed by atoms with Gasteiger partial charge in [0.05, 0.1) is 6.54 Å². The fourth-order valence-electron chi connectivity index (χ4n) is 2.90. The molecule has 4 aromatic rings. The highest BCUT2D eigenvalue weighted by atomic mass is 35.5. The van der Waals surface area contributed by atoms with Crippen molar-refractivity contribution in [1.29, 1.82) is 0 Å². The van der Waals surface area contributed by atoms with Crippen LogP contribution in [0.25, 0.3) is 22.4 Å². The van der Waals surface area contributed by atoms with Crippen LogP contribution in [0.15, 0.2) is 51.7 Å². The van der Waals surface area contributed by atoms with Crippen molar-refractivity contribution in [3.05, 3.63) is 74.9 Å². The van der Waals surface area contributed by atoms with E-state index in [1.807, 2.05) is 6.92 Å². The molecule has 2 aromatic carbocycles. The number of rotatable bonds is 4. The number of hydrogen-bond donors (Lipinski definition) is 0. The van der Waals surface area contributed by atoms with E-state index in [0.717, 1.165) is 12.0 Å². The van der Waals surface area contributed by atoms with E-state index in [1.54, 1.807) is 24.3 Å². The number of tetrazole rings is 1. The zero-order chi connectivity index (χ0) is 19.0. The first-order valence-electron chi connectivity index (χ1n) is 8.32. The number of aryl methyl sites for hydroxylation is 1. The van der Waals surface area contributed by atoms with Gasteiger partial charge in [0.1, 0.15) is 11.4 Å². The smallest absolute Gasteiger partial charge is 0.336 e. The molecular formula is C19H14ClFN4O2. The molecule has 0 aliphatic heterocycles. The molecule has 0 spiro atoms. The second-order valence-electron chi connectivity index (χ2n) is 6.04. The van der Waals surface area contributed by atoms with Gasteiger partial charge in [-0.1, -0.05) is 30.7 Å². The normalized spacial score (nSPS) is 11.2. The number of aromatic nitrogens is 4. The molecule has 0 saturated heterocycles. The predicted octanol–water partition coefficient (Wildman–Crippen LogP) is 3.85. The lowest BCUT2D eigenvalue weighted by molar-refractivity contribution is 0.545. The molecule has 0 N–H and O–H groups in total. The molecule has 0 aliphatic rings. The van der Waals surface area contributed by atoms with Crippen LogP contribution in [0.3, 0.4) is 0 Å². The van der Waals surface area contributed by atoms with E-state index in [0.29, 0.717) is 32.9 Å². The summed E-state index contributed by atoms with van der Waals surface area (Å²) in [5.41, 5.74) is 2.08. The van der Waals surface area contributed by atoms with E-state index in [2.05, 4.69) is 15.4 Å². The molecule has 0 bridgehead atoms. The Kier molecular flexibility index (Phi) is 4.45. The van der Waals surface area contributed by atoms with E-state index in [1.165, 1.54) is 23.0 Å². The second kappa shape index (κ2) is 6.92. The number of benzene rings is 2. The molecule has 0 aliphatic carbocycles. The summed E-state index contributed by atoms with van der Waals surface area (Å²) in [6.07, 6.45) is 0.727. The van der Waals surface area contributed by atoms with Crippen LogP contribution in [0, 0.1) is 5.82 Å². The molecule has 0 saturated carbocycles. The van der Waals surface area contributed by atoms with Gasteiger partial charge in [-0.15, -0.1) is 10.2 Å². The Balaban J connectivity index is 1.74. The van der Waals surface area contributed by atoms with Crippen molar-refractivity contribution in [2.24, 2.45) is 0 Å². The minimum atomic E-state index is -0.465. The molecule has 2 aromatic heterocycles. The highest BCUT2D eigenvalue weighted by Crippen LogP contribution is 2.26. The van der Waals surface area contributed by atoms with Gasteiger partial charge in [-0.2, -0.15) is 4.80 Å². The summed E-state index contributed by atoms with van der Waals surface area (Å²) in [4.78, 5) is 13.3. The Labute approximate surface area is 158 Å². The molecule has 0 fully saturated rings. The Morgan fingerprint density at radius 2 is 2.04 bits per heavy atom. The Morgan fingerprint density at radius 1 is 1.19 bits per heavy atom. The van der Waals surface area contributed by atoms with E-state index in [9.17, 15) is 9.18 Å². The van der Waals surface area contributed by atoms with E-state index in [4.69, 9.17) is 16.0 Å². The molecule has 4 rings (SSSR count). The van der Waals surface area contributed by atoms with Crippen LogP contribution in [0.1, 0.15) is 18.1 Å². The summed E-state index contributed by atoms with van der Waals surface area (Å²) in [5.74, 6) is -0.0787. The monoisotopic (exact) mass is 384 g/mol. The molecule has 0 atom stereocenters. The molecule has 136 valence electrons. The summed E-state index contributed by atoms with van der Waals surface area (Å²) in [6, 6.07) is 10.9. The third-order valence-corrected chi connectivity index (χ3v) is 4.58. The maximum Gasteiger partial charge on any atom is 0.336 e. The minimum absolute atomic E-state index is 0.201. The zero-order valence-corrected chi connectivity index (χ0v) is 15.1. The van der Waals surface area contributed by atoms with Gasteiger partial charge in [0.15, 0.2) is 0 Å². The quantitative estimate of drug-likeness (QED) is 0.500. The van der Waals surface area contributed by atoms with Crippen LogP contribution in [-0.2, 0) is 13.0 Å². The van der Waals surface area contributed by atoms with Crippen LogP contribution in [-0.4, -0.2) is 20.2 Å². The van der Waals surface area contributed by atoms with Gasteiger partial charge in [0.2, 0.25) is 5.82 Å². The van der Waals surface area contributed by atoms with Crippen molar-refractivity contribution in [3.63, 3.8) is 0 Å². The van der Waals surface area contributed by atoms with Crippen molar-refractivity contribution < 1.29 is 8.81 Å². The van der Waals surface area contributed by atoms with Gasteiger partial charge in [-0.05, 0) is 47.0 Å². The second-order valence-corrected chi connectivity index (χ2v) is 6.45. The molecule has 0 amide bonds. The Hall–Kier alpha value is -3.06. The van der Waals surface area contributed by atoms with Gasteiger partial charge in [-0.3, -0.25) is 0 Å². The van der Waals surface area contributed by atoms with Crippen LogP contribution >= 0.6 is 11.6 Å². The maximum atomic E-state index is 13.4. The largest absolute Gasteiger partial charge is 0.423 e. The van der Waals surface area contributed by atoms with Crippen LogP contribution < -0.4 is 5.63 Å². The Bertz CT molecular complexity index is 1200. The molecule has 2 heterocycles. The van der Waals surface area contributed by atoms with Crippen LogP contribution in [0.2, 0.25) is 5.02 Å². The fourth-order valence-corrected chi connectivity index (χ4v) is 3.19. The number of nitrogens with zero attached hydrogens (tertiary/aromatic N) is 4. The lowest BCUT2D eigenvalue weighted by Gasteiger charge is -2.07. The van der Waals surface area contributed by atoms with Gasteiger partial charge in [-0.25, -0.2) is 9.18 Å². The van der Waals surface area contributed by atoms with Crippen LogP contribution in [0.4, 0.5) is 4.39 Å². The molecule has 0 radical (unpaired) electrons. The topological polar surface area (TPSA) is 73.8 Å². The van der Waals surface area contributed by atoms with Crippen molar-refractivity contribution in [2.45, 2.75) is 19.9 Å². The van der Waals surface area contributed by atoms with E-state index in [-0.39, 0.29) is 12.4 Å². The predicted molar refractivity (Wildman–Crippen MR) is 99.2 cm³/mol. The highest BCUT2D eigenvalue weighted by Gasteiger charge is 2.12. The number of halogens is 2. The van der Waals surface area contributed by atoms with Gasteiger partial charge < -0.3 is 4.42 Å². The summed E-state index contributed by atoms with van der Waals surface area (Å²) in [6.45, 7) is 2.18. The van der Waals surface area contributed by atoms with E-state index < -0.39 is 5.63 Å². The average Bonchev–Trinajstić information content (AvgIpc) is 3.10. The molecule has 6 nitrogen and oxygen atoms in total.